The van der Waals surface area contributed by atoms with Gasteiger partial charge in [0.15, 0.2) is 16.6 Å². The highest BCUT2D eigenvalue weighted by Crippen LogP contribution is 2.29. The lowest BCUT2D eigenvalue weighted by Crippen LogP contribution is -2.00. The smallest absolute Gasteiger partial charge is 0.185 e. The predicted molar refractivity (Wildman–Crippen MR) is 78.3 cm³/mol. The van der Waals surface area contributed by atoms with E-state index in [1.54, 1.807) is 6.07 Å². The normalized spacial score (nSPS) is 13.3. The molecule has 1 aliphatic carbocycles. The van der Waals surface area contributed by atoms with E-state index in [1.165, 1.54) is 16.6 Å². The Bertz CT molecular complexity index is 955. The van der Waals surface area contributed by atoms with E-state index in [0.717, 1.165) is 17.2 Å². The molecule has 0 saturated heterocycles. The summed E-state index contributed by atoms with van der Waals surface area (Å²) in [6.07, 6.45) is 5.69. The van der Waals surface area contributed by atoms with E-state index < -0.39 is 11.6 Å². The molecular weight excluding hydrogens is 310 g/mol. The molecule has 0 N–H and O–H groups in total. The zero-order valence-electron chi connectivity index (χ0n) is 11.0. The van der Waals surface area contributed by atoms with Crippen molar-refractivity contribution in [1.82, 2.24) is 19.8 Å². The maximum atomic E-state index is 13.4. The lowest BCUT2D eigenvalue weighted by atomic mass is 10.0. The molecule has 0 saturated carbocycles. The molecule has 108 valence electrons. The van der Waals surface area contributed by atoms with Crippen LogP contribution >= 0.6 is 11.6 Å². The number of rotatable bonds is 2. The Kier molecular flexibility index (Phi) is 2.80. The molecule has 0 aliphatic heterocycles. The molecule has 22 heavy (non-hydrogen) atoms. The van der Waals surface area contributed by atoms with E-state index in [1.807, 2.05) is 18.2 Å². The number of hydrogen-bond donors (Lipinski definition) is 0. The average molecular weight is 317 g/mol. The van der Waals surface area contributed by atoms with E-state index in [2.05, 4.69) is 15.3 Å². The first-order valence-corrected chi connectivity index (χ1v) is 6.77. The first-order valence-electron chi connectivity index (χ1n) is 6.39. The summed E-state index contributed by atoms with van der Waals surface area (Å²) >= 11 is 6.18. The van der Waals surface area contributed by atoms with Crippen LogP contribution in [-0.4, -0.2) is 19.8 Å². The molecular formula is C15H7ClF2N4. The molecule has 2 heterocycles. The predicted octanol–water partition coefficient (Wildman–Crippen LogP) is 3.68. The Morgan fingerprint density at radius 1 is 1.00 bits per heavy atom. The average Bonchev–Trinajstić information content (AvgIpc) is 2.78. The van der Waals surface area contributed by atoms with Crippen molar-refractivity contribution < 1.29 is 8.78 Å². The van der Waals surface area contributed by atoms with Crippen molar-refractivity contribution in [3.05, 3.63) is 64.8 Å². The van der Waals surface area contributed by atoms with Crippen molar-refractivity contribution in [3.8, 4) is 11.4 Å². The van der Waals surface area contributed by atoms with Crippen LogP contribution in [0.25, 0.3) is 22.6 Å². The van der Waals surface area contributed by atoms with Gasteiger partial charge in [-0.2, -0.15) is 9.61 Å². The number of hydrogen-bond acceptors (Lipinski definition) is 3. The molecule has 2 aromatic heterocycles. The lowest BCUT2D eigenvalue weighted by Gasteiger charge is -2.09. The fourth-order valence-corrected chi connectivity index (χ4v) is 2.49. The highest BCUT2D eigenvalue weighted by Gasteiger charge is 2.16. The molecule has 3 aromatic rings. The number of aromatic nitrogens is 4. The standard InChI is InChI=1S/C15H7ClF2N4/c16-14-12(8-2-1-3-8)7-13-19-20-15(22(13)21-14)9-4-10(17)6-11(18)5-9/h1-7H. The van der Waals surface area contributed by atoms with Crippen molar-refractivity contribution in [2.45, 2.75) is 0 Å². The molecule has 0 unspecified atom stereocenters. The van der Waals surface area contributed by atoms with Gasteiger partial charge < -0.3 is 0 Å². The molecule has 0 fully saturated rings. The fraction of sp³-hybridized carbons (Fsp3) is 0. The SMILES string of the molecule is Fc1cc(F)cc(-c2nnc3cc(C4=CC=C4)c(Cl)nn23)c1. The first kappa shape index (κ1) is 13.1. The van der Waals surface area contributed by atoms with Gasteiger partial charge in [0.2, 0.25) is 0 Å². The third kappa shape index (κ3) is 2.00. The summed E-state index contributed by atoms with van der Waals surface area (Å²) in [7, 11) is 0. The highest BCUT2D eigenvalue weighted by atomic mass is 35.5. The molecule has 0 radical (unpaired) electrons. The Morgan fingerprint density at radius 2 is 1.73 bits per heavy atom. The van der Waals surface area contributed by atoms with E-state index >= 15 is 0 Å². The molecule has 1 aromatic carbocycles. The molecule has 4 nitrogen and oxygen atoms in total. The monoisotopic (exact) mass is 316 g/mol. The van der Waals surface area contributed by atoms with E-state index in [0.29, 0.717) is 5.65 Å². The van der Waals surface area contributed by atoms with Crippen molar-refractivity contribution in [2.24, 2.45) is 0 Å². The number of nitrogens with zero attached hydrogens (tertiary/aromatic N) is 4. The van der Waals surface area contributed by atoms with Gasteiger partial charge in [0.05, 0.1) is 0 Å². The van der Waals surface area contributed by atoms with Crippen molar-refractivity contribution in [1.29, 1.82) is 0 Å². The van der Waals surface area contributed by atoms with E-state index in [-0.39, 0.29) is 16.5 Å². The molecule has 0 bridgehead atoms. The van der Waals surface area contributed by atoms with Gasteiger partial charge in [-0.3, -0.25) is 0 Å². The fourth-order valence-electron chi connectivity index (χ4n) is 2.25. The molecule has 0 spiro atoms. The summed E-state index contributed by atoms with van der Waals surface area (Å²) in [6.45, 7) is 0. The lowest BCUT2D eigenvalue weighted by molar-refractivity contribution is 0.584. The quantitative estimate of drug-likeness (QED) is 0.724. The Morgan fingerprint density at radius 3 is 2.36 bits per heavy atom. The van der Waals surface area contributed by atoms with Gasteiger partial charge >= 0.3 is 0 Å². The van der Waals surface area contributed by atoms with Crippen LogP contribution in [-0.2, 0) is 0 Å². The second-order valence-electron chi connectivity index (χ2n) is 4.78. The number of fused-ring (bicyclic) bond motifs is 1. The van der Waals surface area contributed by atoms with Crippen molar-refractivity contribution >= 4 is 22.8 Å². The van der Waals surface area contributed by atoms with Gasteiger partial charge in [-0.05, 0) is 23.8 Å². The van der Waals surface area contributed by atoms with Gasteiger partial charge in [0, 0.05) is 17.2 Å². The minimum absolute atomic E-state index is 0.222. The second kappa shape index (κ2) is 4.71. The molecule has 4 rings (SSSR count). The molecule has 1 aliphatic rings. The van der Waals surface area contributed by atoms with E-state index in [4.69, 9.17) is 11.6 Å². The van der Waals surface area contributed by atoms with Crippen molar-refractivity contribution in [2.75, 3.05) is 0 Å². The largest absolute Gasteiger partial charge is 0.207 e. The van der Waals surface area contributed by atoms with Crippen LogP contribution in [0.3, 0.4) is 0 Å². The third-order valence-electron chi connectivity index (χ3n) is 3.33. The van der Waals surface area contributed by atoms with Gasteiger partial charge in [0.1, 0.15) is 11.6 Å². The zero-order chi connectivity index (χ0) is 15.3. The van der Waals surface area contributed by atoms with Gasteiger partial charge in [-0.15, -0.1) is 10.2 Å². The Balaban J connectivity index is 1.91. The Labute approximate surface area is 128 Å². The topological polar surface area (TPSA) is 43.1 Å². The summed E-state index contributed by atoms with van der Waals surface area (Å²) in [5.41, 5.74) is 2.37. The van der Waals surface area contributed by atoms with Gasteiger partial charge in [-0.1, -0.05) is 29.8 Å². The van der Waals surface area contributed by atoms with E-state index in [9.17, 15) is 8.78 Å². The van der Waals surface area contributed by atoms with Crippen LogP contribution < -0.4 is 0 Å². The summed E-state index contributed by atoms with van der Waals surface area (Å²) in [4.78, 5) is 0. The zero-order valence-corrected chi connectivity index (χ0v) is 11.7. The van der Waals surface area contributed by atoms with Crippen LogP contribution in [0.5, 0.6) is 0 Å². The van der Waals surface area contributed by atoms with Crippen LogP contribution in [0.4, 0.5) is 8.78 Å². The first-order chi connectivity index (χ1) is 10.6. The van der Waals surface area contributed by atoms with Crippen molar-refractivity contribution in [3.63, 3.8) is 0 Å². The number of halogens is 3. The minimum atomic E-state index is -0.695. The van der Waals surface area contributed by atoms with Crippen LogP contribution in [0.2, 0.25) is 5.15 Å². The number of benzene rings is 1. The van der Waals surface area contributed by atoms with Crippen LogP contribution in [0, 0.1) is 11.6 Å². The van der Waals surface area contributed by atoms with Gasteiger partial charge in [0.25, 0.3) is 0 Å². The second-order valence-corrected chi connectivity index (χ2v) is 5.14. The van der Waals surface area contributed by atoms with Crippen LogP contribution in [0.1, 0.15) is 5.56 Å². The molecule has 7 heteroatoms. The molecule has 0 atom stereocenters. The summed E-state index contributed by atoms with van der Waals surface area (Å²) in [5, 5.41) is 12.4. The third-order valence-corrected chi connectivity index (χ3v) is 3.61. The Hall–Kier alpha value is -2.60. The number of allylic oxidation sites excluding steroid dienone is 4. The summed E-state index contributed by atoms with van der Waals surface area (Å²) in [5.74, 6) is -1.17. The summed E-state index contributed by atoms with van der Waals surface area (Å²) < 4.78 is 28.1. The molecule has 0 amide bonds. The highest BCUT2D eigenvalue weighted by molar-refractivity contribution is 6.31. The van der Waals surface area contributed by atoms with Gasteiger partial charge in [-0.25, -0.2) is 8.78 Å². The maximum Gasteiger partial charge on any atom is 0.185 e. The maximum absolute atomic E-state index is 13.4. The minimum Gasteiger partial charge on any atom is -0.207 e. The summed E-state index contributed by atoms with van der Waals surface area (Å²) in [6, 6.07) is 4.86. The van der Waals surface area contributed by atoms with Crippen LogP contribution in [0.15, 0.2) is 42.5 Å².